The summed E-state index contributed by atoms with van der Waals surface area (Å²) in [5.41, 5.74) is 5.45. The largest absolute Gasteiger partial charge is 0.319 e. The van der Waals surface area contributed by atoms with E-state index in [-0.39, 0.29) is 0 Å². The van der Waals surface area contributed by atoms with Crippen molar-refractivity contribution in [3.05, 3.63) is 59.7 Å². The van der Waals surface area contributed by atoms with Gasteiger partial charge in [0.1, 0.15) is 5.52 Å². The second-order valence-corrected chi connectivity index (χ2v) is 7.02. The maximum Gasteiger partial charge on any atom is 0.211 e. The summed E-state index contributed by atoms with van der Waals surface area (Å²) in [6.07, 6.45) is 0. The summed E-state index contributed by atoms with van der Waals surface area (Å²) in [7, 11) is 0. The third kappa shape index (κ3) is 2.65. The lowest BCUT2D eigenvalue weighted by Gasteiger charge is -2.07. The van der Waals surface area contributed by atoms with E-state index in [1.54, 1.807) is 11.8 Å². The van der Waals surface area contributed by atoms with Gasteiger partial charge in [-0.1, -0.05) is 66.7 Å². The minimum absolute atomic E-state index is 0.734. The zero-order chi connectivity index (χ0) is 16.5. The highest BCUT2D eigenvalue weighted by atomic mass is 32.2. The van der Waals surface area contributed by atoms with Crippen molar-refractivity contribution in [3.63, 3.8) is 0 Å². The summed E-state index contributed by atoms with van der Waals surface area (Å²) in [5, 5.41) is 10.6. The van der Waals surface area contributed by atoms with Crippen LogP contribution in [0.1, 0.15) is 18.1 Å². The van der Waals surface area contributed by atoms with E-state index in [2.05, 4.69) is 71.1 Å². The van der Waals surface area contributed by atoms with Crippen LogP contribution >= 0.6 is 11.8 Å². The van der Waals surface area contributed by atoms with Gasteiger partial charge < -0.3 is 4.57 Å². The molecule has 5 heteroatoms. The topological polar surface area (TPSA) is 43.6 Å². The fraction of sp³-hybridized carbons (Fsp3) is 0.211. The van der Waals surface area contributed by atoms with Crippen LogP contribution in [-0.2, 0) is 6.54 Å². The Balaban J connectivity index is 1.92. The highest BCUT2D eigenvalue weighted by molar-refractivity contribution is 7.99. The Morgan fingerprint density at radius 2 is 1.79 bits per heavy atom. The van der Waals surface area contributed by atoms with Crippen LogP contribution in [0.2, 0.25) is 0 Å². The standard InChI is InChI=1S/C19H18N4S/c1-3-24-19-20-18-17(21-22-19)15-6-4-5-7-16(15)23(18)12-14-10-8-13(2)9-11-14/h4-11H,3,12H2,1-2H3. The van der Waals surface area contributed by atoms with Crippen LogP contribution in [0.3, 0.4) is 0 Å². The highest BCUT2D eigenvalue weighted by Crippen LogP contribution is 2.27. The molecule has 2 heterocycles. The molecular formula is C19H18N4S. The number of thioether (sulfide) groups is 1. The lowest BCUT2D eigenvalue weighted by molar-refractivity contribution is 0.814. The van der Waals surface area contributed by atoms with Crippen LogP contribution in [0.4, 0.5) is 0 Å². The molecule has 0 aliphatic rings. The molecule has 4 rings (SSSR count). The van der Waals surface area contributed by atoms with Gasteiger partial charge in [0, 0.05) is 11.9 Å². The summed E-state index contributed by atoms with van der Waals surface area (Å²) in [6, 6.07) is 16.9. The first-order valence-electron chi connectivity index (χ1n) is 8.06. The van der Waals surface area contributed by atoms with Gasteiger partial charge >= 0.3 is 0 Å². The van der Waals surface area contributed by atoms with Gasteiger partial charge in [-0.2, -0.15) is 0 Å². The Bertz CT molecular complexity index is 1010. The van der Waals surface area contributed by atoms with Crippen molar-refractivity contribution < 1.29 is 0 Å². The number of para-hydroxylation sites is 1. The quantitative estimate of drug-likeness (QED) is 0.517. The number of fused-ring (bicyclic) bond motifs is 3. The molecule has 4 nitrogen and oxygen atoms in total. The first-order valence-corrected chi connectivity index (χ1v) is 9.05. The molecule has 0 fully saturated rings. The molecule has 0 radical (unpaired) electrons. The average molecular weight is 334 g/mol. The smallest absolute Gasteiger partial charge is 0.211 e. The maximum absolute atomic E-state index is 4.77. The number of hydrogen-bond acceptors (Lipinski definition) is 4. The number of benzene rings is 2. The third-order valence-corrected chi connectivity index (χ3v) is 4.81. The molecule has 0 aliphatic heterocycles. The van der Waals surface area contributed by atoms with E-state index >= 15 is 0 Å². The lowest BCUT2D eigenvalue weighted by atomic mass is 10.1. The van der Waals surface area contributed by atoms with E-state index in [4.69, 9.17) is 4.98 Å². The first-order chi connectivity index (χ1) is 11.8. The van der Waals surface area contributed by atoms with E-state index in [0.717, 1.165) is 39.5 Å². The van der Waals surface area contributed by atoms with Crippen molar-refractivity contribution in [2.24, 2.45) is 0 Å². The molecule has 0 atom stereocenters. The van der Waals surface area contributed by atoms with Crippen LogP contribution in [0, 0.1) is 6.92 Å². The van der Waals surface area contributed by atoms with Crippen molar-refractivity contribution in [1.82, 2.24) is 19.7 Å². The van der Waals surface area contributed by atoms with Crippen LogP contribution < -0.4 is 0 Å². The Morgan fingerprint density at radius 1 is 1.00 bits per heavy atom. The molecule has 0 saturated heterocycles. The van der Waals surface area contributed by atoms with Gasteiger partial charge in [-0.3, -0.25) is 0 Å². The normalized spacial score (nSPS) is 11.4. The predicted molar refractivity (Wildman–Crippen MR) is 99.5 cm³/mol. The molecule has 4 aromatic rings. The third-order valence-electron chi connectivity index (χ3n) is 4.09. The molecule has 0 bridgehead atoms. The molecule has 2 aromatic heterocycles. The molecule has 0 N–H and O–H groups in total. The molecule has 120 valence electrons. The zero-order valence-electron chi connectivity index (χ0n) is 13.7. The van der Waals surface area contributed by atoms with Gasteiger partial charge in [0.05, 0.1) is 5.52 Å². The van der Waals surface area contributed by atoms with Crippen LogP contribution in [-0.4, -0.2) is 25.5 Å². The fourth-order valence-electron chi connectivity index (χ4n) is 2.92. The lowest BCUT2D eigenvalue weighted by Crippen LogP contribution is -2.02. The Morgan fingerprint density at radius 3 is 2.58 bits per heavy atom. The van der Waals surface area contributed by atoms with Gasteiger partial charge in [0.15, 0.2) is 5.65 Å². The molecule has 0 spiro atoms. The van der Waals surface area contributed by atoms with Gasteiger partial charge in [-0.05, 0) is 24.3 Å². The minimum atomic E-state index is 0.734. The molecular weight excluding hydrogens is 316 g/mol. The summed E-state index contributed by atoms with van der Waals surface area (Å²) >= 11 is 1.62. The molecule has 0 saturated carbocycles. The van der Waals surface area contributed by atoms with Gasteiger partial charge in [0.25, 0.3) is 0 Å². The first kappa shape index (κ1) is 15.1. The van der Waals surface area contributed by atoms with Gasteiger partial charge in [-0.15, -0.1) is 10.2 Å². The van der Waals surface area contributed by atoms with Crippen molar-refractivity contribution in [1.29, 1.82) is 0 Å². The van der Waals surface area contributed by atoms with Gasteiger partial charge in [0.2, 0.25) is 5.16 Å². The molecule has 0 aliphatic carbocycles. The second-order valence-electron chi connectivity index (χ2n) is 5.79. The van der Waals surface area contributed by atoms with Crippen molar-refractivity contribution >= 4 is 33.8 Å². The Kier molecular flexibility index (Phi) is 3.94. The minimum Gasteiger partial charge on any atom is -0.319 e. The van der Waals surface area contributed by atoms with Crippen LogP contribution in [0.15, 0.2) is 53.7 Å². The Hall–Kier alpha value is -2.40. The average Bonchev–Trinajstić information content (AvgIpc) is 2.91. The maximum atomic E-state index is 4.77. The van der Waals surface area contributed by atoms with E-state index in [9.17, 15) is 0 Å². The zero-order valence-corrected chi connectivity index (χ0v) is 14.5. The Labute approximate surface area is 144 Å². The molecule has 24 heavy (non-hydrogen) atoms. The number of rotatable bonds is 4. The van der Waals surface area contributed by atoms with Crippen LogP contribution in [0.5, 0.6) is 0 Å². The number of hydrogen-bond donors (Lipinski definition) is 0. The molecule has 0 unspecified atom stereocenters. The summed E-state index contributed by atoms with van der Waals surface area (Å²) in [4.78, 5) is 4.77. The summed E-state index contributed by atoms with van der Waals surface area (Å²) in [5.74, 6) is 0.936. The van der Waals surface area contributed by atoms with E-state index in [1.807, 2.05) is 6.07 Å². The van der Waals surface area contributed by atoms with E-state index in [0.29, 0.717) is 0 Å². The van der Waals surface area contributed by atoms with E-state index < -0.39 is 0 Å². The van der Waals surface area contributed by atoms with Crippen LogP contribution in [0.25, 0.3) is 22.1 Å². The highest BCUT2D eigenvalue weighted by Gasteiger charge is 2.14. The molecule has 2 aromatic carbocycles. The number of aryl methyl sites for hydroxylation is 1. The SMILES string of the molecule is CCSc1nnc2c3ccccc3n(Cc3ccc(C)cc3)c2n1. The van der Waals surface area contributed by atoms with Crippen molar-refractivity contribution in [2.45, 2.75) is 25.5 Å². The predicted octanol–water partition coefficient (Wildman–Crippen LogP) is 4.45. The molecule has 0 amide bonds. The number of nitrogens with zero attached hydrogens (tertiary/aromatic N) is 4. The number of aromatic nitrogens is 4. The van der Waals surface area contributed by atoms with E-state index in [1.165, 1.54) is 11.1 Å². The van der Waals surface area contributed by atoms with Crippen molar-refractivity contribution in [3.8, 4) is 0 Å². The van der Waals surface area contributed by atoms with Gasteiger partial charge in [-0.25, -0.2) is 4.98 Å². The summed E-state index contributed by atoms with van der Waals surface area (Å²) < 4.78 is 2.24. The second kappa shape index (κ2) is 6.24. The van der Waals surface area contributed by atoms with Crippen molar-refractivity contribution in [2.75, 3.05) is 5.75 Å². The summed E-state index contributed by atoms with van der Waals surface area (Å²) in [6.45, 7) is 4.98. The fourth-order valence-corrected chi connectivity index (χ4v) is 3.42. The monoisotopic (exact) mass is 334 g/mol.